The molecule has 0 saturated heterocycles. The quantitative estimate of drug-likeness (QED) is 0.0421. The standard InChI is InChI=1S/3C18H39O3P.2Nd/c3*1-2-3-4-5-6-7-8-9-10-11-12-13-14-15-16-17-18-22(19,20)21;;/h3*2-18H2,1H3,(H2,19,20,21);;/q;;;2*+3/p-6. The van der Waals surface area contributed by atoms with Crippen molar-refractivity contribution in [2.24, 2.45) is 0 Å². The SMILES string of the molecule is CCCCCCCCCCCCCCCCCCP(=O)([O-])[O-].CCCCCCCCCCCCCCCCCCP(=O)([O-])[O-].CCCCCCCCCCCCCCCCCCP(=O)([O-])[O-].[Nd+3].[Nd+3]. The normalized spacial score (nSPS) is 11.6. The van der Waals surface area contributed by atoms with Crippen molar-refractivity contribution in [3.63, 3.8) is 0 Å². The Morgan fingerprint density at radius 1 is 0.191 bits per heavy atom. The molecule has 9 nitrogen and oxygen atoms in total. The minimum absolute atomic E-state index is 0. The van der Waals surface area contributed by atoms with E-state index in [-0.39, 0.29) is 100 Å². The third-order valence-corrected chi connectivity index (χ3v) is 15.4. The predicted octanol–water partition coefficient (Wildman–Crippen LogP) is 15.5. The Labute approximate surface area is 489 Å². The van der Waals surface area contributed by atoms with Crippen molar-refractivity contribution >= 4 is 22.8 Å². The van der Waals surface area contributed by atoms with Crippen LogP contribution in [0.3, 0.4) is 0 Å². The van der Waals surface area contributed by atoms with E-state index in [9.17, 15) is 43.1 Å². The number of hydrogen-bond donors (Lipinski definition) is 0. The van der Waals surface area contributed by atoms with Gasteiger partial charge in [-0.25, -0.2) is 0 Å². The van der Waals surface area contributed by atoms with E-state index in [1.54, 1.807) is 0 Å². The molecular formula is C54H111Nd2O9P3. The van der Waals surface area contributed by atoms with Crippen LogP contribution >= 0.6 is 22.8 Å². The monoisotopic (exact) mass is 1280 g/mol. The molecule has 0 rings (SSSR count). The second-order valence-electron chi connectivity index (χ2n) is 19.9. The molecule has 14 heteroatoms. The predicted molar refractivity (Wildman–Crippen MR) is 276 cm³/mol. The van der Waals surface area contributed by atoms with Gasteiger partial charge in [-0.1, -0.05) is 332 Å². The van der Waals surface area contributed by atoms with Crippen LogP contribution in [-0.2, 0) is 13.7 Å². The van der Waals surface area contributed by atoms with Gasteiger partial charge in [0.25, 0.3) is 0 Å². The first-order valence-corrected chi connectivity index (χ1v) is 33.9. The average Bonchev–Trinajstić information content (AvgIpc) is 3.25. The molecule has 404 valence electrons. The number of rotatable bonds is 51. The van der Waals surface area contributed by atoms with Crippen LogP contribution in [0.4, 0.5) is 0 Å². The molecule has 0 atom stereocenters. The van der Waals surface area contributed by atoms with Crippen LogP contribution in [0.15, 0.2) is 0 Å². The first kappa shape index (κ1) is 80.0. The van der Waals surface area contributed by atoms with Crippen LogP contribution in [0, 0.1) is 81.7 Å². The van der Waals surface area contributed by atoms with Gasteiger partial charge in [0.1, 0.15) is 0 Å². The molecule has 0 aliphatic carbocycles. The summed E-state index contributed by atoms with van der Waals surface area (Å²) < 4.78 is 31.4. The molecule has 0 heterocycles. The number of unbranched alkanes of at least 4 members (excludes halogenated alkanes) is 45. The fourth-order valence-corrected chi connectivity index (χ4v) is 10.4. The first-order chi connectivity index (χ1) is 31.7. The molecule has 0 N–H and O–H groups in total. The second-order valence-corrected chi connectivity index (χ2v) is 24.9. The minimum Gasteiger partial charge on any atom is -0.811 e. The molecule has 2 radical (unpaired) electrons. The summed E-state index contributed by atoms with van der Waals surface area (Å²) in [6.45, 7) is 6.78. The van der Waals surface area contributed by atoms with Gasteiger partial charge in [-0.2, -0.15) is 0 Å². The summed E-state index contributed by atoms with van der Waals surface area (Å²) in [5.41, 5.74) is 0. The third-order valence-electron chi connectivity index (χ3n) is 12.9. The Balaban J connectivity index is -0.000000288. The summed E-state index contributed by atoms with van der Waals surface area (Å²) in [5.74, 6) is 0. The molecule has 0 aromatic carbocycles. The molecule has 0 unspecified atom stereocenters. The van der Waals surface area contributed by atoms with Crippen LogP contribution in [0.1, 0.15) is 329 Å². The van der Waals surface area contributed by atoms with E-state index in [4.69, 9.17) is 0 Å². The second kappa shape index (κ2) is 64.4. The van der Waals surface area contributed by atoms with Gasteiger partial charge in [0.2, 0.25) is 0 Å². The van der Waals surface area contributed by atoms with Crippen molar-refractivity contribution in [1.29, 1.82) is 0 Å². The van der Waals surface area contributed by atoms with E-state index in [2.05, 4.69) is 20.8 Å². The Morgan fingerprint density at radius 2 is 0.279 bits per heavy atom. The van der Waals surface area contributed by atoms with Crippen LogP contribution in [0.5, 0.6) is 0 Å². The molecule has 0 aliphatic rings. The molecule has 0 aromatic heterocycles. The summed E-state index contributed by atoms with van der Waals surface area (Å²) >= 11 is 0. The van der Waals surface area contributed by atoms with Crippen molar-refractivity contribution < 1.29 is 125 Å². The Morgan fingerprint density at radius 3 is 0.368 bits per heavy atom. The van der Waals surface area contributed by atoms with E-state index in [0.29, 0.717) is 19.3 Å². The Bertz CT molecular complexity index is 931. The van der Waals surface area contributed by atoms with Crippen molar-refractivity contribution in [3.8, 4) is 0 Å². The molecule has 0 fully saturated rings. The minimum atomic E-state index is -4.25. The van der Waals surface area contributed by atoms with Crippen molar-refractivity contribution in [3.05, 3.63) is 0 Å². The average molecular weight is 1290 g/mol. The maximum Gasteiger partial charge on any atom is 3.00 e. The van der Waals surface area contributed by atoms with Gasteiger partial charge in [-0.05, 0) is 37.7 Å². The topological polar surface area (TPSA) is 190 Å². The van der Waals surface area contributed by atoms with Crippen LogP contribution in [0.2, 0.25) is 0 Å². The zero-order valence-corrected chi connectivity index (χ0v) is 54.2. The molecule has 0 spiro atoms. The molecule has 68 heavy (non-hydrogen) atoms. The molecule has 0 bridgehead atoms. The zero-order chi connectivity index (χ0) is 49.6. The Hall–Kier alpha value is 3.15. The van der Waals surface area contributed by atoms with Crippen LogP contribution in [-0.4, -0.2) is 18.5 Å². The van der Waals surface area contributed by atoms with E-state index >= 15 is 0 Å². The van der Waals surface area contributed by atoms with E-state index in [1.165, 1.54) is 250 Å². The summed E-state index contributed by atoms with van der Waals surface area (Å²) in [6, 6.07) is 0. The molecule has 0 aliphatic heterocycles. The maximum absolute atomic E-state index is 10.5. The fraction of sp³-hybridized carbons (Fsp3) is 1.00. The van der Waals surface area contributed by atoms with Crippen LogP contribution in [0.25, 0.3) is 0 Å². The van der Waals surface area contributed by atoms with Gasteiger partial charge in [0, 0.05) is 0 Å². The van der Waals surface area contributed by atoms with E-state index < -0.39 is 22.8 Å². The largest absolute Gasteiger partial charge is 3.00 e. The smallest absolute Gasteiger partial charge is 0.811 e. The summed E-state index contributed by atoms with van der Waals surface area (Å²) in [4.78, 5) is 62.7. The van der Waals surface area contributed by atoms with Gasteiger partial charge in [-0.3, -0.25) is 0 Å². The van der Waals surface area contributed by atoms with Crippen molar-refractivity contribution in [2.75, 3.05) is 18.5 Å². The third kappa shape index (κ3) is 88.8. The molecule has 0 amide bonds. The number of hydrogen-bond acceptors (Lipinski definition) is 9. The maximum atomic E-state index is 10.5. The van der Waals surface area contributed by atoms with Gasteiger partial charge < -0.3 is 43.1 Å². The molecule has 0 aromatic rings. The first-order valence-electron chi connectivity index (χ1n) is 28.7. The summed E-state index contributed by atoms with van der Waals surface area (Å²) in [6.07, 6.45) is 59.8. The van der Waals surface area contributed by atoms with E-state index in [1.807, 2.05) is 0 Å². The fourth-order valence-electron chi connectivity index (χ4n) is 8.56. The van der Waals surface area contributed by atoms with E-state index in [0.717, 1.165) is 38.5 Å². The van der Waals surface area contributed by atoms with Gasteiger partial charge in [0.15, 0.2) is 0 Å². The molecular weight excluding hydrogens is 1170 g/mol. The Kier molecular flexibility index (Phi) is 75.8. The molecule has 0 saturated carbocycles. The van der Waals surface area contributed by atoms with Crippen LogP contribution < -0.4 is 29.4 Å². The van der Waals surface area contributed by atoms with Crippen molar-refractivity contribution in [2.45, 2.75) is 329 Å². The zero-order valence-electron chi connectivity index (χ0n) is 45.1. The summed E-state index contributed by atoms with van der Waals surface area (Å²) in [5, 5.41) is 0. The van der Waals surface area contributed by atoms with Gasteiger partial charge in [-0.15, -0.1) is 0 Å². The van der Waals surface area contributed by atoms with Gasteiger partial charge >= 0.3 is 81.7 Å². The van der Waals surface area contributed by atoms with Gasteiger partial charge in [0.05, 0.1) is 0 Å². The van der Waals surface area contributed by atoms with Crippen molar-refractivity contribution in [1.82, 2.24) is 0 Å². The summed E-state index contributed by atoms with van der Waals surface area (Å²) in [7, 11) is -12.8.